The maximum atomic E-state index is 12.3. The second-order valence-electron chi connectivity index (χ2n) is 5.28. The Balaban J connectivity index is 2.24. The lowest BCUT2D eigenvalue weighted by atomic mass is 9.91. The molecule has 0 aliphatic heterocycles. The zero-order valence-corrected chi connectivity index (χ0v) is 12.3. The minimum atomic E-state index is -0.207. The SMILES string of the molecule is CCc1cn[nH]c1NC(=O)c1snnc1C(C)(C)C. The van der Waals surface area contributed by atoms with Crippen molar-refractivity contribution in [2.75, 3.05) is 5.32 Å². The molecule has 0 saturated heterocycles. The van der Waals surface area contributed by atoms with Crippen molar-refractivity contribution in [1.29, 1.82) is 0 Å². The van der Waals surface area contributed by atoms with Crippen LogP contribution in [0.25, 0.3) is 0 Å². The van der Waals surface area contributed by atoms with Crippen molar-refractivity contribution in [3.8, 4) is 0 Å². The fourth-order valence-corrected chi connectivity index (χ4v) is 2.46. The smallest absolute Gasteiger partial charge is 0.270 e. The van der Waals surface area contributed by atoms with Crippen LogP contribution in [0.5, 0.6) is 0 Å². The van der Waals surface area contributed by atoms with E-state index in [1.54, 1.807) is 6.20 Å². The molecule has 102 valence electrons. The van der Waals surface area contributed by atoms with E-state index in [0.29, 0.717) is 16.4 Å². The quantitative estimate of drug-likeness (QED) is 0.903. The number of rotatable bonds is 3. The van der Waals surface area contributed by atoms with Crippen molar-refractivity contribution in [1.82, 2.24) is 19.8 Å². The number of hydrogen-bond acceptors (Lipinski definition) is 5. The van der Waals surface area contributed by atoms with Gasteiger partial charge in [0.1, 0.15) is 10.7 Å². The number of anilines is 1. The fraction of sp³-hybridized carbons (Fsp3) is 0.500. The molecule has 0 aromatic carbocycles. The summed E-state index contributed by atoms with van der Waals surface area (Å²) in [5, 5.41) is 13.6. The molecule has 19 heavy (non-hydrogen) atoms. The van der Waals surface area contributed by atoms with E-state index in [-0.39, 0.29) is 11.3 Å². The van der Waals surface area contributed by atoms with Gasteiger partial charge >= 0.3 is 0 Å². The van der Waals surface area contributed by atoms with Gasteiger partial charge in [-0.15, -0.1) is 5.10 Å². The number of carbonyl (C=O) groups excluding carboxylic acids is 1. The van der Waals surface area contributed by atoms with Crippen molar-refractivity contribution in [3.63, 3.8) is 0 Å². The first kappa shape index (κ1) is 13.7. The van der Waals surface area contributed by atoms with Crippen molar-refractivity contribution in [2.24, 2.45) is 0 Å². The van der Waals surface area contributed by atoms with Crippen LogP contribution >= 0.6 is 11.5 Å². The van der Waals surface area contributed by atoms with Crippen molar-refractivity contribution >= 4 is 23.3 Å². The molecule has 0 aliphatic rings. The monoisotopic (exact) mass is 279 g/mol. The average Bonchev–Trinajstić information content (AvgIpc) is 2.95. The molecular weight excluding hydrogens is 262 g/mol. The summed E-state index contributed by atoms with van der Waals surface area (Å²) in [6.07, 6.45) is 2.52. The summed E-state index contributed by atoms with van der Waals surface area (Å²) in [6, 6.07) is 0. The lowest BCUT2D eigenvalue weighted by molar-refractivity contribution is 0.102. The Hall–Kier alpha value is -1.76. The van der Waals surface area contributed by atoms with Gasteiger partial charge in [0.2, 0.25) is 0 Å². The molecule has 6 nitrogen and oxygen atoms in total. The molecule has 2 rings (SSSR count). The highest BCUT2D eigenvalue weighted by Gasteiger charge is 2.26. The van der Waals surface area contributed by atoms with Gasteiger partial charge < -0.3 is 5.32 Å². The number of aromatic amines is 1. The standard InChI is InChI=1S/C12H17N5OS/c1-5-7-6-13-16-10(7)14-11(18)8-9(12(2,3)4)15-17-19-8/h6H,5H2,1-4H3,(H2,13,14,16,18). The minimum Gasteiger partial charge on any atom is -0.306 e. The van der Waals surface area contributed by atoms with Crippen molar-refractivity contribution in [2.45, 2.75) is 39.5 Å². The molecule has 7 heteroatoms. The summed E-state index contributed by atoms with van der Waals surface area (Å²) in [5.74, 6) is 0.444. The number of aromatic nitrogens is 4. The van der Waals surface area contributed by atoms with E-state index in [1.807, 2.05) is 27.7 Å². The lowest BCUT2D eigenvalue weighted by Crippen LogP contribution is -2.20. The van der Waals surface area contributed by atoms with Gasteiger partial charge in [0, 0.05) is 11.0 Å². The highest BCUT2D eigenvalue weighted by atomic mass is 32.1. The van der Waals surface area contributed by atoms with Gasteiger partial charge in [-0.3, -0.25) is 9.89 Å². The Labute approximate surface area is 115 Å². The summed E-state index contributed by atoms with van der Waals surface area (Å²) in [6.45, 7) is 8.03. The van der Waals surface area contributed by atoms with Crippen LogP contribution < -0.4 is 5.32 Å². The third kappa shape index (κ3) is 2.81. The van der Waals surface area contributed by atoms with Gasteiger partial charge in [-0.2, -0.15) is 5.10 Å². The topological polar surface area (TPSA) is 83.6 Å². The number of aryl methyl sites for hydroxylation is 1. The van der Waals surface area contributed by atoms with Crippen LogP contribution in [0.1, 0.15) is 48.6 Å². The molecule has 0 bridgehead atoms. The fourth-order valence-electron chi connectivity index (χ4n) is 1.69. The molecule has 2 aromatic heterocycles. The number of amides is 1. The Bertz CT molecular complexity index is 581. The third-order valence-corrected chi connectivity index (χ3v) is 3.47. The number of nitrogens with one attached hydrogen (secondary N) is 2. The molecule has 2 N–H and O–H groups in total. The first-order valence-electron chi connectivity index (χ1n) is 6.10. The van der Waals surface area contributed by atoms with E-state index in [2.05, 4.69) is 25.1 Å². The summed E-state index contributed by atoms with van der Waals surface area (Å²) < 4.78 is 3.89. The summed E-state index contributed by atoms with van der Waals surface area (Å²) >= 11 is 1.11. The van der Waals surface area contributed by atoms with E-state index in [0.717, 1.165) is 23.5 Å². The molecule has 0 aliphatic carbocycles. The molecular formula is C12H17N5OS. The van der Waals surface area contributed by atoms with Gasteiger partial charge in [0.05, 0.1) is 11.9 Å². The maximum absolute atomic E-state index is 12.3. The van der Waals surface area contributed by atoms with E-state index in [1.165, 1.54) is 0 Å². The van der Waals surface area contributed by atoms with Crippen LogP contribution in [0.4, 0.5) is 5.82 Å². The molecule has 0 atom stereocenters. The van der Waals surface area contributed by atoms with E-state index < -0.39 is 0 Å². The van der Waals surface area contributed by atoms with E-state index in [9.17, 15) is 4.79 Å². The van der Waals surface area contributed by atoms with Crippen LogP contribution in [0.3, 0.4) is 0 Å². The molecule has 1 amide bonds. The summed E-state index contributed by atoms with van der Waals surface area (Å²) in [5.41, 5.74) is 1.48. The predicted octanol–water partition coefficient (Wildman–Crippen LogP) is 2.37. The molecule has 0 fully saturated rings. The van der Waals surface area contributed by atoms with Crippen LogP contribution in [0.2, 0.25) is 0 Å². The van der Waals surface area contributed by atoms with Gasteiger partial charge in [0.25, 0.3) is 5.91 Å². The molecule has 0 radical (unpaired) electrons. The minimum absolute atomic E-state index is 0.195. The number of H-pyrrole nitrogens is 1. The van der Waals surface area contributed by atoms with Gasteiger partial charge in [-0.1, -0.05) is 32.2 Å². The average molecular weight is 279 g/mol. The van der Waals surface area contributed by atoms with Crippen molar-refractivity contribution < 1.29 is 4.79 Å². The molecule has 2 aromatic rings. The number of hydrogen-bond donors (Lipinski definition) is 2. The molecule has 0 unspecified atom stereocenters. The normalized spacial score (nSPS) is 11.6. The molecule has 0 saturated carbocycles. The highest BCUT2D eigenvalue weighted by Crippen LogP contribution is 2.26. The summed E-state index contributed by atoms with van der Waals surface area (Å²) in [7, 11) is 0. The van der Waals surface area contributed by atoms with Crippen LogP contribution in [-0.2, 0) is 11.8 Å². The van der Waals surface area contributed by atoms with Gasteiger partial charge in [-0.25, -0.2) is 0 Å². The predicted molar refractivity (Wildman–Crippen MR) is 74.5 cm³/mol. The Morgan fingerprint density at radius 1 is 1.47 bits per heavy atom. The van der Waals surface area contributed by atoms with Crippen LogP contribution in [-0.4, -0.2) is 25.7 Å². The van der Waals surface area contributed by atoms with E-state index in [4.69, 9.17) is 0 Å². The second-order valence-corrected chi connectivity index (χ2v) is 6.03. The first-order chi connectivity index (χ1) is 8.93. The largest absolute Gasteiger partial charge is 0.306 e. The Kier molecular flexibility index (Phi) is 3.66. The van der Waals surface area contributed by atoms with E-state index >= 15 is 0 Å². The molecule has 2 heterocycles. The Morgan fingerprint density at radius 3 is 2.84 bits per heavy atom. The maximum Gasteiger partial charge on any atom is 0.270 e. The van der Waals surface area contributed by atoms with Crippen LogP contribution in [0.15, 0.2) is 6.20 Å². The van der Waals surface area contributed by atoms with Gasteiger partial charge in [0.15, 0.2) is 0 Å². The van der Waals surface area contributed by atoms with Crippen LogP contribution in [0, 0.1) is 0 Å². The highest BCUT2D eigenvalue weighted by molar-refractivity contribution is 7.08. The van der Waals surface area contributed by atoms with Gasteiger partial charge in [-0.05, 0) is 18.0 Å². The van der Waals surface area contributed by atoms with Crippen molar-refractivity contribution in [3.05, 3.63) is 22.3 Å². The summed E-state index contributed by atoms with van der Waals surface area (Å²) in [4.78, 5) is 12.8. The zero-order valence-electron chi connectivity index (χ0n) is 11.4. The number of nitrogens with zero attached hydrogens (tertiary/aromatic N) is 3. The lowest BCUT2D eigenvalue weighted by Gasteiger charge is -2.16. The Morgan fingerprint density at radius 2 is 2.21 bits per heavy atom. The zero-order chi connectivity index (χ0) is 14.0. The second kappa shape index (κ2) is 5.08. The molecule has 0 spiro atoms. The first-order valence-corrected chi connectivity index (χ1v) is 6.87. The number of carbonyl (C=O) groups is 1. The third-order valence-electron chi connectivity index (χ3n) is 2.74.